The zero-order chi connectivity index (χ0) is 17.2. The van der Waals surface area contributed by atoms with Gasteiger partial charge in [-0.1, -0.05) is 36.2 Å². The molecule has 0 radical (unpaired) electrons. The van der Waals surface area contributed by atoms with Gasteiger partial charge in [-0.15, -0.1) is 11.3 Å². The number of amides is 1. The Morgan fingerprint density at radius 3 is 2.52 bits per heavy atom. The first-order valence-electron chi connectivity index (χ1n) is 6.61. The molecule has 1 amide bonds. The number of hydrogen-bond acceptors (Lipinski definition) is 4. The Hall–Kier alpha value is -1.28. The first-order chi connectivity index (χ1) is 10.7. The maximum absolute atomic E-state index is 12.4. The highest BCUT2D eigenvalue weighted by atomic mass is 35.5. The van der Waals surface area contributed by atoms with Crippen molar-refractivity contribution in [3.05, 3.63) is 38.5 Å². The van der Waals surface area contributed by atoms with Crippen molar-refractivity contribution < 1.29 is 13.2 Å². The van der Waals surface area contributed by atoms with Crippen LogP contribution in [0.25, 0.3) is 0 Å². The van der Waals surface area contributed by atoms with Crippen LogP contribution in [0.5, 0.6) is 0 Å². The van der Waals surface area contributed by atoms with Crippen molar-refractivity contribution in [3.63, 3.8) is 0 Å². The van der Waals surface area contributed by atoms with Gasteiger partial charge in [0.1, 0.15) is 9.23 Å². The van der Waals surface area contributed by atoms with E-state index < -0.39 is 10.0 Å². The van der Waals surface area contributed by atoms with Crippen LogP contribution < -0.4 is 10.0 Å². The van der Waals surface area contributed by atoms with Crippen molar-refractivity contribution in [2.24, 2.45) is 0 Å². The van der Waals surface area contributed by atoms with Crippen LogP contribution in [0.2, 0.25) is 8.67 Å². The van der Waals surface area contributed by atoms with E-state index in [0.717, 1.165) is 11.3 Å². The minimum atomic E-state index is -3.87. The largest absolute Gasteiger partial charge is 0.326 e. The number of halogens is 2. The highest BCUT2D eigenvalue weighted by molar-refractivity contribution is 7.93. The molecule has 0 bridgehead atoms. The molecule has 0 aliphatic carbocycles. The van der Waals surface area contributed by atoms with Crippen LogP contribution in [-0.2, 0) is 14.8 Å². The van der Waals surface area contributed by atoms with Gasteiger partial charge < -0.3 is 5.32 Å². The molecule has 0 saturated carbocycles. The number of rotatable bonds is 5. The topological polar surface area (TPSA) is 75.3 Å². The Kier molecular flexibility index (Phi) is 5.57. The molecule has 124 valence electrons. The summed E-state index contributed by atoms with van der Waals surface area (Å²) >= 11 is 12.7. The average molecular weight is 393 g/mol. The summed E-state index contributed by atoms with van der Waals surface area (Å²) < 4.78 is 27.7. The third kappa shape index (κ3) is 4.38. The molecule has 1 aromatic carbocycles. The number of anilines is 2. The lowest BCUT2D eigenvalue weighted by molar-refractivity contribution is -0.115. The quantitative estimate of drug-likeness (QED) is 0.785. The average Bonchev–Trinajstić information content (AvgIpc) is 2.82. The van der Waals surface area contributed by atoms with E-state index >= 15 is 0 Å². The van der Waals surface area contributed by atoms with Crippen LogP contribution in [0, 0.1) is 6.92 Å². The molecule has 0 unspecified atom stereocenters. The summed E-state index contributed by atoms with van der Waals surface area (Å²) in [7, 11) is -3.87. The summed E-state index contributed by atoms with van der Waals surface area (Å²) in [6, 6.07) is 6.28. The number of nitrogens with one attached hydrogen (secondary N) is 2. The monoisotopic (exact) mass is 392 g/mol. The molecular formula is C14H14Cl2N2O3S2. The molecule has 0 aliphatic rings. The first-order valence-corrected chi connectivity index (χ1v) is 9.66. The van der Waals surface area contributed by atoms with Gasteiger partial charge in [0.25, 0.3) is 10.0 Å². The van der Waals surface area contributed by atoms with Crippen LogP contribution in [0.15, 0.2) is 29.2 Å². The molecule has 5 nitrogen and oxygen atoms in total. The van der Waals surface area contributed by atoms with E-state index in [-0.39, 0.29) is 19.5 Å². The molecule has 0 saturated heterocycles. The fourth-order valence-corrected chi connectivity index (χ4v) is 5.04. The zero-order valence-corrected chi connectivity index (χ0v) is 15.5. The third-order valence-electron chi connectivity index (χ3n) is 3.00. The second-order valence-electron chi connectivity index (χ2n) is 4.73. The standard InChI is InChI=1S/C14H14Cl2N2O3S2/c1-3-13(19)17-9-5-4-8(2)10(6-9)18-23(20,21)11-7-12(15)22-14(11)16/h4-7,18H,3H2,1-2H3,(H,17,19). The van der Waals surface area contributed by atoms with E-state index in [2.05, 4.69) is 10.0 Å². The molecular weight excluding hydrogens is 379 g/mol. The molecule has 0 spiro atoms. The summed E-state index contributed by atoms with van der Waals surface area (Å²) in [4.78, 5) is 11.4. The summed E-state index contributed by atoms with van der Waals surface area (Å²) in [5.74, 6) is -0.157. The van der Waals surface area contributed by atoms with E-state index in [1.54, 1.807) is 32.0 Å². The number of sulfonamides is 1. The van der Waals surface area contributed by atoms with Crippen LogP contribution in [0.1, 0.15) is 18.9 Å². The maximum atomic E-state index is 12.4. The Morgan fingerprint density at radius 2 is 1.96 bits per heavy atom. The molecule has 2 rings (SSSR count). The summed E-state index contributed by atoms with van der Waals surface area (Å²) in [5, 5.41) is 2.68. The molecule has 23 heavy (non-hydrogen) atoms. The highest BCUT2D eigenvalue weighted by Gasteiger charge is 2.22. The lowest BCUT2D eigenvalue weighted by Crippen LogP contribution is -2.14. The number of aryl methyl sites for hydroxylation is 1. The lowest BCUT2D eigenvalue weighted by atomic mass is 10.2. The van der Waals surface area contributed by atoms with Gasteiger partial charge >= 0.3 is 0 Å². The molecule has 0 atom stereocenters. The van der Waals surface area contributed by atoms with Gasteiger partial charge in [-0.3, -0.25) is 9.52 Å². The number of carbonyl (C=O) groups excluding carboxylic acids is 1. The second kappa shape index (κ2) is 7.09. The molecule has 2 aromatic rings. The Bertz CT molecular complexity index is 848. The van der Waals surface area contributed by atoms with Gasteiger partial charge in [0.05, 0.1) is 10.0 Å². The summed E-state index contributed by atoms with van der Waals surface area (Å²) in [6.07, 6.45) is 0.331. The maximum Gasteiger partial charge on any atom is 0.264 e. The van der Waals surface area contributed by atoms with Gasteiger partial charge in [-0.2, -0.15) is 0 Å². The van der Waals surface area contributed by atoms with E-state index in [4.69, 9.17) is 23.2 Å². The molecule has 2 N–H and O–H groups in total. The Morgan fingerprint density at radius 1 is 1.26 bits per heavy atom. The van der Waals surface area contributed by atoms with E-state index in [0.29, 0.717) is 23.4 Å². The smallest absolute Gasteiger partial charge is 0.264 e. The molecule has 1 heterocycles. The summed E-state index contributed by atoms with van der Waals surface area (Å²) in [5.41, 5.74) is 1.58. The predicted molar refractivity (Wildman–Crippen MR) is 95.2 cm³/mol. The summed E-state index contributed by atoms with van der Waals surface area (Å²) in [6.45, 7) is 3.49. The third-order valence-corrected chi connectivity index (χ3v) is 6.12. The van der Waals surface area contributed by atoms with Gasteiger partial charge in [-0.05, 0) is 30.7 Å². The van der Waals surface area contributed by atoms with Gasteiger partial charge in [0.2, 0.25) is 5.91 Å². The number of thiophene rings is 1. The van der Waals surface area contributed by atoms with Gasteiger partial charge in [0.15, 0.2) is 0 Å². The Balaban J connectivity index is 2.33. The lowest BCUT2D eigenvalue weighted by Gasteiger charge is -2.12. The molecule has 0 aliphatic heterocycles. The van der Waals surface area contributed by atoms with E-state index in [1.165, 1.54) is 6.07 Å². The Labute approximate surface area is 148 Å². The van der Waals surface area contributed by atoms with Crippen molar-refractivity contribution in [2.45, 2.75) is 25.2 Å². The number of carbonyl (C=O) groups is 1. The van der Waals surface area contributed by atoms with Crippen molar-refractivity contribution in [1.82, 2.24) is 0 Å². The van der Waals surface area contributed by atoms with Crippen molar-refractivity contribution >= 4 is 61.8 Å². The minimum absolute atomic E-state index is 0.0726. The van der Waals surface area contributed by atoms with E-state index in [1.807, 2.05) is 0 Å². The van der Waals surface area contributed by atoms with Gasteiger partial charge in [-0.25, -0.2) is 8.42 Å². The number of hydrogen-bond donors (Lipinski definition) is 2. The fourth-order valence-electron chi connectivity index (χ4n) is 1.77. The zero-order valence-electron chi connectivity index (χ0n) is 12.3. The second-order valence-corrected chi connectivity index (χ2v) is 8.66. The normalized spacial score (nSPS) is 11.3. The van der Waals surface area contributed by atoms with Crippen molar-refractivity contribution in [1.29, 1.82) is 0 Å². The van der Waals surface area contributed by atoms with Crippen molar-refractivity contribution in [2.75, 3.05) is 10.0 Å². The minimum Gasteiger partial charge on any atom is -0.326 e. The number of benzene rings is 1. The van der Waals surface area contributed by atoms with Crippen LogP contribution in [0.4, 0.5) is 11.4 Å². The molecule has 1 aromatic heterocycles. The SMILES string of the molecule is CCC(=O)Nc1ccc(C)c(NS(=O)(=O)c2cc(Cl)sc2Cl)c1. The predicted octanol–water partition coefficient (Wildman–Crippen LogP) is 4.51. The van der Waals surface area contributed by atoms with Crippen LogP contribution >= 0.6 is 34.5 Å². The first kappa shape index (κ1) is 18.1. The fraction of sp³-hybridized carbons (Fsp3) is 0.214. The molecule has 9 heteroatoms. The van der Waals surface area contributed by atoms with Crippen molar-refractivity contribution in [3.8, 4) is 0 Å². The van der Waals surface area contributed by atoms with Crippen LogP contribution in [0.3, 0.4) is 0 Å². The van der Waals surface area contributed by atoms with Crippen LogP contribution in [-0.4, -0.2) is 14.3 Å². The highest BCUT2D eigenvalue weighted by Crippen LogP contribution is 2.35. The van der Waals surface area contributed by atoms with E-state index in [9.17, 15) is 13.2 Å². The molecule has 0 fully saturated rings. The van der Waals surface area contributed by atoms with Gasteiger partial charge in [0, 0.05) is 12.1 Å².